The van der Waals surface area contributed by atoms with E-state index in [2.05, 4.69) is 39.6 Å². The predicted molar refractivity (Wildman–Crippen MR) is 92.4 cm³/mol. The van der Waals surface area contributed by atoms with Crippen molar-refractivity contribution in [3.8, 4) is 0 Å². The third-order valence-corrected chi connectivity index (χ3v) is 6.32. The average Bonchev–Trinajstić information content (AvgIpc) is 3.14. The van der Waals surface area contributed by atoms with Gasteiger partial charge in [-0.15, -0.1) is 10.2 Å². The van der Waals surface area contributed by atoms with Crippen LogP contribution in [0.1, 0.15) is 63.5 Å². The van der Waals surface area contributed by atoms with E-state index < -0.39 is 0 Å². The number of aryl methyl sites for hydroxylation is 1. The number of fused-ring (bicyclic) bond motifs is 1. The Morgan fingerprint density at radius 3 is 2.96 bits per heavy atom. The number of piperidine rings is 1. The van der Waals surface area contributed by atoms with Crippen LogP contribution in [0, 0.1) is 11.8 Å². The first kappa shape index (κ1) is 15.4. The molecule has 1 aromatic rings. The summed E-state index contributed by atoms with van der Waals surface area (Å²) in [5.41, 5.74) is 1.62. The van der Waals surface area contributed by atoms with Crippen molar-refractivity contribution in [2.45, 2.75) is 64.8 Å². The molecule has 126 valence electrons. The molecule has 0 bridgehead atoms. The van der Waals surface area contributed by atoms with Crippen molar-refractivity contribution in [1.82, 2.24) is 19.7 Å². The normalized spacial score (nSPS) is 31.9. The predicted octanol–water partition coefficient (Wildman–Crippen LogP) is 3.40. The van der Waals surface area contributed by atoms with Gasteiger partial charge in [-0.1, -0.05) is 18.6 Å². The second-order valence-corrected chi connectivity index (χ2v) is 7.94. The fourth-order valence-corrected chi connectivity index (χ4v) is 4.88. The Bertz CT molecular complexity index is 588. The molecular weight excluding hydrogens is 284 g/mol. The summed E-state index contributed by atoms with van der Waals surface area (Å²) in [6.45, 7) is 9.58. The number of hydrogen-bond acceptors (Lipinski definition) is 3. The second-order valence-electron chi connectivity index (χ2n) is 7.94. The second kappa shape index (κ2) is 6.39. The van der Waals surface area contributed by atoms with E-state index >= 15 is 0 Å². The molecule has 0 saturated carbocycles. The Morgan fingerprint density at radius 1 is 1.17 bits per heavy atom. The minimum absolute atomic E-state index is 0.589. The Hall–Kier alpha value is -1.16. The molecule has 4 nitrogen and oxygen atoms in total. The number of rotatable bonds is 3. The lowest BCUT2D eigenvalue weighted by molar-refractivity contribution is 0.160. The van der Waals surface area contributed by atoms with Crippen LogP contribution in [-0.2, 0) is 13.0 Å². The molecule has 0 spiro atoms. The molecule has 0 radical (unpaired) electrons. The summed E-state index contributed by atoms with van der Waals surface area (Å²) >= 11 is 0. The van der Waals surface area contributed by atoms with Crippen LogP contribution in [0.4, 0.5) is 0 Å². The third kappa shape index (κ3) is 2.98. The molecular formula is C19H30N4. The summed E-state index contributed by atoms with van der Waals surface area (Å²) in [6.07, 6.45) is 10.1. The van der Waals surface area contributed by atoms with Crippen LogP contribution >= 0.6 is 0 Å². The first-order valence-corrected chi connectivity index (χ1v) is 9.53. The SMILES string of the molecule is CC1=CCC[C@H](C)[C@H]1CN1CCC[C@H](c2nnc3n2CCC3)C1. The number of nitrogens with zero attached hydrogens (tertiary/aromatic N) is 4. The van der Waals surface area contributed by atoms with Gasteiger partial charge in [0.05, 0.1) is 0 Å². The molecule has 3 heterocycles. The molecule has 2 aliphatic heterocycles. The van der Waals surface area contributed by atoms with E-state index in [0.717, 1.165) is 24.8 Å². The monoisotopic (exact) mass is 314 g/mol. The van der Waals surface area contributed by atoms with Gasteiger partial charge in [-0.2, -0.15) is 0 Å². The molecule has 0 N–H and O–H groups in total. The minimum atomic E-state index is 0.589. The number of hydrogen-bond donors (Lipinski definition) is 0. The van der Waals surface area contributed by atoms with Crippen molar-refractivity contribution in [3.63, 3.8) is 0 Å². The fraction of sp³-hybridized carbons (Fsp3) is 0.789. The molecule has 4 rings (SSSR count). The van der Waals surface area contributed by atoms with Gasteiger partial charge in [-0.25, -0.2) is 0 Å². The standard InChI is InChI=1S/C19H30N4/c1-14-6-3-7-15(2)17(14)13-22-10-4-8-16(12-22)19-21-20-18-9-5-11-23(18)19/h6,15-17H,3-5,7-13H2,1-2H3/t15-,16-,17-/m0/s1. The summed E-state index contributed by atoms with van der Waals surface area (Å²) < 4.78 is 2.41. The third-order valence-electron chi connectivity index (χ3n) is 6.32. The van der Waals surface area contributed by atoms with Gasteiger partial charge in [0.2, 0.25) is 0 Å². The maximum atomic E-state index is 4.55. The topological polar surface area (TPSA) is 34.0 Å². The van der Waals surface area contributed by atoms with E-state index in [1.807, 2.05) is 0 Å². The first-order valence-electron chi connectivity index (χ1n) is 9.53. The first-order chi connectivity index (χ1) is 11.2. The Balaban J connectivity index is 1.45. The van der Waals surface area contributed by atoms with Crippen molar-refractivity contribution in [2.75, 3.05) is 19.6 Å². The molecule has 4 heteroatoms. The lowest BCUT2D eigenvalue weighted by Crippen LogP contribution is -2.40. The lowest BCUT2D eigenvalue weighted by atomic mass is 9.79. The lowest BCUT2D eigenvalue weighted by Gasteiger charge is -2.38. The maximum Gasteiger partial charge on any atom is 0.137 e. The number of aromatic nitrogens is 3. The molecule has 1 saturated heterocycles. The van der Waals surface area contributed by atoms with E-state index in [0.29, 0.717) is 5.92 Å². The van der Waals surface area contributed by atoms with E-state index in [4.69, 9.17) is 0 Å². The van der Waals surface area contributed by atoms with Gasteiger partial charge in [0.15, 0.2) is 0 Å². The fourth-order valence-electron chi connectivity index (χ4n) is 4.88. The average molecular weight is 314 g/mol. The van der Waals surface area contributed by atoms with Gasteiger partial charge >= 0.3 is 0 Å². The molecule has 1 aliphatic carbocycles. The van der Waals surface area contributed by atoms with Crippen LogP contribution in [0.25, 0.3) is 0 Å². The molecule has 3 aliphatic rings. The largest absolute Gasteiger partial charge is 0.315 e. The highest BCUT2D eigenvalue weighted by atomic mass is 15.3. The van der Waals surface area contributed by atoms with E-state index in [1.54, 1.807) is 5.57 Å². The Morgan fingerprint density at radius 2 is 2.09 bits per heavy atom. The number of likely N-dealkylation sites (tertiary alicyclic amines) is 1. The van der Waals surface area contributed by atoms with Crippen molar-refractivity contribution < 1.29 is 0 Å². The van der Waals surface area contributed by atoms with E-state index in [1.165, 1.54) is 63.4 Å². The molecule has 1 aromatic heterocycles. The molecule has 0 aromatic carbocycles. The molecule has 3 atom stereocenters. The summed E-state index contributed by atoms with van der Waals surface area (Å²) in [5, 5.41) is 8.97. The quantitative estimate of drug-likeness (QED) is 0.802. The van der Waals surface area contributed by atoms with Crippen LogP contribution in [0.15, 0.2) is 11.6 Å². The summed E-state index contributed by atoms with van der Waals surface area (Å²) in [7, 11) is 0. The van der Waals surface area contributed by atoms with Crippen LogP contribution in [0.2, 0.25) is 0 Å². The summed E-state index contributed by atoms with van der Waals surface area (Å²) in [6, 6.07) is 0. The zero-order valence-corrected chi connectivity index (χ0v) is 14.7. The highest BCUT2D eigenvalue weighted by Crippen LogP contribution is 2.33. The van der Waals surface area contributed by atoms with Gasteiger partial charge in [0, 0.05) is 32.0 Å². The van der Waals surface area contributed by atoms with Crippen LogP contribution < -0.4 is 0 Å². The van der Waals surface area contributed by atoms with Crippen LogP contribution in [-0.4, -0.2) is 39.3 Å². The Kier molecular flexibility index (Phi) is 4.27. The van der Waals surface area contributed by atoms with E-state index in [-0.39, 0.29) is 0 Å². The molecule has 0 unspecified atom stereocenters. The Labute approximate surface area is 140 Å². The zero-order valence-electron chi connectivity index (χ0n) is 14.7. The number of allylic oxidation sites excluding steroid dienone is 1. The zero-order chi connectivity index (χ0) is 15.8. The van der Waals surface area contributed by atoms with Crippen molar-refractivity contribution in [1.29, 1.82) is 0 Å². The molecule has 0 amide bonds. The van der Waals surface area contributed by atoms with Gasteiger partial charge in [0.1, 0.15) is 11.6 Å². The maximum absolute atomic E-state index is 4.55. The van der Waals surface area contributed by atoms with Crippen molar-refractivity contribution in [2.24, 2.45) is 11.8 Å². The van der Waals surface area contributed by atoms with Crippen molar-refractivity contribution in [3.05, 3.63) is 23.3 Å². The molecule has 23 heavy (non-hydrogen) atoms. The minimum Gasteiger partial charge on any atom is -0.315 e. The van der Waals surface area contributed by atoms with Crippen molar-refractivity contribution >= 4 is 0 Å². The highest BCUT2D eigenvalue weighted by Gasteiger charge is 2.31. The van der Waals surface area contributed by atoms with Gasteiger partial charge in [-0.05, 0) is 57.4 Å². The molecule has 1 fully saturated rings. The van der Waals surface area contributed by atoms with Crippen LogP contribution in [0.3, 0.4) is 0 Å². The van der Waals surface area contributed by atoms with Crippen LogP contribution in [0.5, 0.6) is 0 Å². The highest BCUT2D eigenvalue weighted by molar-refractivity contribution is 5.11. The van der Waals surface area contributed by atoms with E-state index in [9.17, 15) is 0 Å². The smallest absolute Gasteiger partial charge is 0.137 e. The van der Waals surface area contributed by atoms with Gasteiger partial charge in [0.25, 0.3) is 0 Å². The summed E-state index contributed by atoms with van der Waals surface area (Å²) in [4.78, 5) is 2.70. The van der Waals surface area contributed by atoms with Gasteiger partial charge < -0.3 is 9.47 Å². The van der Waals surface area contributed by atoms with Gasteiger partial charge in [-0.3, -0.25) is 0 Å². The summed E-state index contributed by atoms with van der Waals surface area (Å²) in [5.74, 6) is 4.67.